The summed E-state index contributed by atoms with van der Waals surface area (Å²) in [6, 6.07) is 3.96. The Morgan fingerprint density at radius 1 is 1.24 bits per heavy atom. The summed E-state index contributed by atoms with van der Waals surface area (Å²) in [6.45, 7) is 10.2. The van der Waals surface area contributed by atoms with E-state index < -0.39 is 11.6 Å². The number of nitrogens with one attached hydrogen (secondary N) is 1. The second-order valence-corrected chi connectivity index (χ2v) is 6.54. The SMILES string of the molecule is CCCNC(COCCC(C)(C)C)c1cccc(F)c1F. The van der Waals surface area contributed by atoms with E-state index in [0.717, 1.165) is 25.5 Å². The quantitative estimate of drug-likeness (QED) is 0.716. The summed E-state index contributed by atoms with van der Waals surface area (Å²) in [4.78, 5) is 0. The highest BCUT2D eigenvalue weighted by Crippen LogP contribution is 2.21. The van der Waals surface area contributed by atoms with Crippen molar-refractivity contribution in [3.63, 3.8) is 0 Å². The van der Waals surface area contributed by atoms with E-state index in [0.29, 0.717) is 18.8 Å². The summed E-state index contributed by atoms with van der Waals surface area (Å²) in [7, 11) is 0. The molecule has 1 N–H and O–H groups in total. The molecular weight excluding hydrogens is 272 g/mol. The van der Waals surface area contributed by atoms with Crippen LogP contribution in [0.3, 0.4) is 0 Å². The predicted octanol–water partition coefficient (Wildman–Crippen LogP) is 4.46. The van der Waals surface area contributed by atoms with Crippen molar-refractivity contribution in [1.82, 2.24) is 5.32 Å². The van der Waals surface area contributed by atoms with Crippen LogP contribution in [-0.4, -0.2) is 19.8 Å². The van der Waals surface area contributed by atoms with Crippen LogP contribution in [0.1, 0.15) is 52.1 Å². The van der Waals surface area contributed by atoms with Gasteiger partial charge in [0.2, 0.25) is 0 Å². The molecule has 1 rings (SSSR count). The van der Waals surface area contributed by atoms with E-state index in [1.54, 1.807) is 6.07 Å². The lowest BCUT2D eigenvalue weighted by Crippen LogP contribution is -2.28. The molecule has 0 fully saturated rings. The molecule has 0 aromatic heterocycles. The molecule has 0 spiro atoms. The van der Waals surface area contributed by atoms with Gasteiger partial charge in [-0.05, 0) is 30.9 Å². The van der Waals surface area contributed by atoms with Crippen molar-refractivity contribution in [2.45, 2.75) is 46.6 Å². The van der Waals surface area contributed by atoms with Gasteiger partial charge in [0.15, 0.2) is 11.6 Å². The van der Waals surface area contributed by atoms with Crippen molar-refractivity contribution in [2.24, 2.45) is 5.41 Å². The van der Waals surface area contributed by atoms with E-state index in [2.05, 4.69) is 26.1 Å². The van der Waals surface area contributed by atoms with Gasteiger partial charge in [0.05, 0.1) is 12.6 Å². The molecule has 1 aromatic rings. The van der Waals surface area contributed by atoms with Gasteiger partial charge in [0.25, 0.3) is 0 Å². The van der Waals surface area contributed by atoms with Crippen molar-refractivity contribution in [3.05, 3.63) is 35.4 Å². The minimum absolute atomic E-state index is 0.205. The molecule has 0 radical (unpaired) electrons. The maximum Gasteiger partial charge on any atom is 0.163 e. The summed E-state index contributed by atoms with van der Waals surface area (Å²) < 4.78 is 32.9. The summed E-state index contributed by atoms with van der Waals surface area (Å²) in [5, 5.41) is 3.22. The lowest BCUT2D eigenvalue weighted by molar-refractivity contribution is 0.0888. The smallest absolute Gasteiger partial charge is 0.163 e. The van der Waals surface area contributed by atoms with Crippen molar-refractivity contribution >= 4 is 0 Å². The molecule has 1 atom stereocenters. The Morgan fingerprint density at radius 2 is 1.95 bits per heavy atom. The fourth-order valence-electron chi connectivity index (χ4n) is 1.95. The minimum Gasteiger partial charge on any atom is -0.379 e. The van der Waals surface area contributed by atoms with Crippen LogP contribution in [0.25, 0.3) is 0 Å². The third kappa shape index (κ3) is 6.53. The third-order valence-electron chi connectivity index (χ3n) is 3.28. The van der Waals surface area contributed by atoms with Crippen molar-refractivity contribution < 1.29 is 13.5 Å². The topological polar surface area (TPSA) is 21.3 Å². The first kappa shape index (κ1) is 18.1. The van der Waals surface area contributed by atoms with E-state index in [1.807, 2.05) is 6.92 Å². The van der Waals surface area contributed by atoms with Crippen LogP contribution >= 0.6 is 0 Å². The van der Waals surface area contributed by atoms with Gasteiger partial charge in [-0.15, -0.1) is 0 Å². The molecule has 1 unspecified atom stereocenters. The largest absolute Gasteiger partial charge is 0.379 e. The third-order valence-corrected chi connectivity index (χ3v) is 3.28. The lowest BCUT2D eigenvalue weighted by atomic mass is 9.93. The zero-order valence-electron chi connectivity index (χ0n) is 13.5. The fourth-order valence-corrected chi connectivity index (χ4v) is 1.95. The van der Waals surface area contributed by atoms with Crippen LogP contribution in [0.4, 0.5) is 8.78 Å². The highest BCUT2D eigenvalue weighted by molar-refractivity contribution is 5.22. The van der Waals surface area contributed by atoms with Crippen LogP contribution in [0.15, 0.2) is 18.2 Å². The Morgan fingerprint density at radius 3 is 2.57 bits per heavy atom. The van der Waals surface area contributed by atoms with Crippen molar-refractivity contribution in [3.8, 4) is 0 Å². The minimum atomic E-state index is -0.814. The fraction of sp³-hybridized carbons (Fsp3) is 0.647. The second-order valence-electron chi connectivity index (χ2n) is 6.54. The number of halogens is 2. The van der Waals surface area contributed by atoms with Crippen LogP contribution < -0.4 is 5.32 Å². The summed E-state index contributed by atoms with van der Waals surface area (Å²) in [5.74, 6) is -1.60. The zero-order chi connectivity index (χ0) is 15.9. The molecular formula is C17H27F2NO. The van der Waals surface area contributed by atoms with Gasteiger partial charge in [0, 0.05) is 12.2 Å². The van der Waals surface area contributed by atoms with Gasteiger partial charge in [-0.25, -0.2) is 8.78 Å². The Hall–Kier alpha value is -1.00. The average molecular weight is 299 g/mol. The Kier molecular flexibility index (Phi) is 7.26. The van der Waals surface area contributed by atoms with Gasteiger partial charge in [-0.1, -0.05) is 39.8 Å². The molecule has 0 saturated carbocycles. The first-order chi connectivity index (χ1) is 9.85. The number of benzene rings is 1. The van der Waals surface area contributed by atoms with Gasteiger partial charge in [-0.3, -0.25) is 0 Å². The average Bonchev–Trinajstić information content (AvgIpc) is 2.40. The van der Waals surface area contributed by atoms with Crippen molar-refractivity contribution in [2.75, 3.05) is 19.8 Å². The molecule has 0 aliphatic carbocycles. The number of rotatable bonds is 8. The highest BCUT2D eigenvalue weighted by atomic mass is 19.2. The maximum absolute atomic E-state index is 13.9. The zero-order valence-corrected chi connectivity index (χ0v) is 13.5. The molecule has 0 aliphatic heterocycles. The maximum atomic E-state index is 13.9. The van der Waals surface area contributed by atoms with Gasteiger partial charge in [0.1, 0.15) is 0 Å². The number of ether oxygens (including phenoxy) is 1. The molecule has 0 amide bonds. The molecule has 0 aliphatic rings. The van der Waals surface area contributed by atoms with Gasteiger partial charge < -0.3 is 10.1 Å². The van der Waals surface area contributed by atoms with E-state index in [1.165, 1.54) is 6.07 Å². The number of hydrogen-bond acceptors (Lipinski definition) is 2. The van der Waals surface area contributed by atoms with E-state index in [-0.39, 0.29) is 11.5 Å². The van der Waals surface area contributed by atoms with Crippen LogP contribution in [0, 0.1) is 17.0 Å². The Bertz CT molecular complexity index is 429. The summed E-state index contributed by atoms with van der Waals surface area (Å²) in [5.41, 5.74) is 0.537. The Labute approximate surface area is 126 Å². The molecule has 4 heteroatoms. The van der Waals surface area contributed by atoms with Crippen LogP contribution in [0.5, 0.6) is 0 Å². The molecule has 21 heavy (non-hydrogen) atoms. The summed E-state index contributed by atoms with van der Waals surface area (Å²) >= 11 is 0. The molecule has 0 saturated heterocycles. The van der Waals surface area contributed by atoms with Gasteiger partial charge >= 0.3 is 0 Å². The molecule has 1 aromatic carbocycles. The molecule has 120 valence electrons. The molecule has 0 heterocycles. The Balaban J connectivity index is 2.65. The van der Waals surface area contributed by atoms with Crippen LogP contribution in [0.2, 0.25) is 0 Å². The lowest BCUT2D eigenvalue weighted by Gasteiger charge is -2.22. The van der Waals surface area contributed by atoms with Gasteiger partial charge in [-0.2, -0.15) is 0 Å². The monoisotopic (exact) mass is 299 g/mol. The van der Waals surface area contributed by atoms with E-state index in [4.69, 9.17) is 4.74 Å². The van der Waals surface area contributed by atoms with Crippen LogP contribution in [-0.2, 0) is 4.74 Å². The highest BCUT2D eigenvalue weighted by Gasteiger charge is 2.18. The molecule has 0 bridgehead atoms. The predicted molar refractivity (Wildman–Crippen MR) is 82.3 cm³/mol. The van der Waals surface area contributed by atoms with Crippen molar-refractivity contribution in [1.29, 1.82) is 0 Å². The standard InChI is InChI=1S/C17H27F2NO/c1-5-10-20-15(12-21-11-9-17(2,3)4)13-7-6-8-14(18)16(13)19/h6-8,15,20H,5,9-12H2,1-4H3. The van der Waals surface area contributed by atoms with E-state index >= 15 is 0 Å². The first-order valence-electron chi connectivity index (χ1n) is 7.60. The molecule has 2 nitrogen and oxygen atoms in total. The number of hydrogen-bond donors (Lipinski definition) is 1. The van der Waals surface area contributed by atoms with E-state index in [9.17, 15) is 8.78 Å². The normalized spacial score (nSPS) is 13.4. The first-order valence-corrected chi connectivity index (χ1v) is 7.60. The second kappa shape index (κ2) is 8.44. The summed E-state index contributed by atoms with van der Waals surface area (Å²) in [6.07, 6.45) is 1.86.